The highest BCUT2D eigenvalue weighted by Crippen LogP contribution is 2.32. The fraction of sp³-hybridized carbons (Fsp3) is 0.0667. The summed E-state index contributed by atoms with van der Waals surface area (Å²) in [6, 6.07) is 15.7. The van der Waals surface area contributed by atoms with E-state index in [0.29, 0.717) is 0 Å². The van der Waals surface area contributed by atoms with E-state index in [2.05, 4.69) is 9.97 Å². The van der Waals surface area contributed by atoms with Crippen LogP contribution in [-0.2, 0) is 6.61 Å². The fourth-order valence-corrected chi connectivity index (χ4v) is 2.90. The zero-order valence-electron chi connectivity index (χ0n) is 10.2. The van der Waals surface area contributed by atoms with E-state index in [4.69, 9.17) is 0 Å². The summed E-state index contributed by atoms with van der Waals surface area (Å²) in [5.41, 5.74) is 1.84. The van der Waals surface area contributed by atoms with Crippen LogP contribution in [0.15, 0.2) is 64.8 Å². The molecule has 1 heterocycles. The van der Waals surface area contributed by atoms with Gasteiger partial charge in [0.1, 0.15) is 11.4 Å². The number of benzene rings is 2. The number of hydrogen-bond donors (Lipinski definition) is 1. The van der Waals surface area contributed by atoms with Gasteiger partial charge >= 0.3 is 0 Å². The Labute approximate surface area is 115 Å². The van der Waals surface area contributed by atoms with Crippen LogP contribution in [0.3, 0.4) is 0 Å². The Morgan fingerprint density at radius 2 is 1.74 bits per heavy atom. The second-order valence-electron chi connectivity index (χ2n) is 4.06. The first-order chi connectivity index (χ1) is 9.38. The Hall–Kier alpha value is -1.91. The van der Waals surface area contributed by atoms with Gasteiger partial charge in [-0.1, -0.05) is 48.2 Å². The highest BCUT2D eigenvalue weighted by molar-refractivity contribution is 7.99. The van der Waals surface area contributed by atoms with Crippen LogP contribution in [0.25, 0.3) is 10.9 Å². The van der Waals surface area contributed by atoms with Gasteiger partial charge in [0.2, 0.25) is 0 Å². The van der Waals surface area contributed by atoms with Crippen molar-refractivity contribution in [3.05, 3.63) is 60.4 Å². The number of aromatic nitrogens is 2. The molecule has 0 atom stereocenters. The maximum atomic E-state index is 9.36. The van der Waals surface area contributed by atoms with Gasteiger partial charge in [-0.05, 0) is 17.7 Å². The highest BCUT2D eigenvalue weighted by Gasteiger charge is 2.07. The zero-order chi connectivity index (χ0) is 13.1. The summed E-state index contributed by atoms with van der Waals surface area (Å²) in [5, 5.41) is 11.3. The molecule has 19 heavy (non-hydrogen) atoms. The summed E-state index contributed by atoms with van der Waals surface area (Å²) in [7, 11) is 0. The molecule has 0 unspecified atom stereocenters. The molecule has 1 aromatic heterocycles. The molecule has 3 nitrogen and oxygen atoms in total. The van der Waals surface area contributed by atoms with Gasteiger partial charge in [-0.2, -0.15) is 0 Å². The van der Waals surface area contributed by atoms with E-state index < -0.39 is 0 Å². The summed E-state index contributed by atoms with van der Waals surface area (Å²) < 4.78 is 0. The maximum absolute atomic E-state index is 9.36. The number of nitrogens with zero attached hydrogens (tertiary/aromatic N) is 2. The van der Waals surface area contributed by atoms with Crippen LogP contribution in [0.1, 0.15) is 5.56 Å². The second-order valence-corrected chi connectivity index (χ2v) is 5.09. The summed E-state index contributed by atoms with van der Waals surface area (Å²) in [6.07, 6.45) is 1.58. The van der Waals surface area contributed by atoms with Crippen molar-refractivity contribution in [1.82, 2.24) is 9.97 Å². The van der Waals surface area contributed by atoms with Crippen LogP contribution in [0.5, 0.6) is 0 Å². The molecule has 94 valence electrons. The average Bonchev–Trinajstić information content (AvgIpc) is 2.48. The van der Waals surface area contributed by atoms with Crippen molar-refractivity contribution in [2.45, 2.75) is 16.5 Å². The monoisotopic (exact) mass is 268 g/mol. The molecule has 4 heteroatoms. The van der Waals surface area contributed by atoms with E-state index in [1.54, 1.807) is 18.1 Å². The van der Waals surface area contributed by atoms with Crippen LogP contribution in [0.4, 0.5) is 0 Å². The van der Waals surface area contributed by atoms with Gasteiger partial charge in [-0.15, -0.1) is 0 Å². The summed E-state index contributed by atoms with van der Waals surface area (Å²) in [5.74, 6) is 0. The molecule has 3 rings (SSSR count). The lowest BCUT2D eigenvalue weighted by Gasteiger charge is -2.07. The molecule has 2 aromatic carbocycles. The predicted molar refractivity (Wildman–Crippen MR) is 76.0 cm³/mol. The Bertz CT molecular complexity index is 710. The van der Waals surface area contributed by atoms with Gasteiger partial charge in [0.15, 0.2) is 0 Å². The van der Waals surface area contributed by atoms with E-state index in [-0.39, 0.29) is 6.61 Å². The van der Waals surface area contributed by atoms with E-state index in [1.165, 1.54) is 0 Å². The smallest absolute Gasteiger partial charge is 0.117 e. The maximum Gasteiger partial charge on any atom is 0.117 e. The molecule has 0 saturated heterocycles. The number of rotatable bonds is 3. The molecule has 0 radical (unpaired) electrons. The highest BCUT2D eigenvalue weighted by atomic mass is 32.2. The van der Waals surface area contributed by atoms with Crippen molar-refractivity contribution < 1.29 is 5.11 Å². The van der Waals surface area contributed by atoms with Crippen molar-refractivity contribution in [3.8, 4) is 0 Å². The van der Waals surface area contributed by atoms with Crippen molar-refractivity contribution in [3.63, 3.8) is 0 Å². The normalized spacial score (nSPS) is 10.8. The first-order valence-electron chi connectivity index (χ1n) is 5.95. The lowest BCUT2D eigenvalue weighted by molar-refractivity contribution is 0.279. The molecule has 0 aliphatic rings. The van der Waals surface area contributed by atoms with Crippen molar-refractivity contribution in [2.24, 2.45) is 0 Å². The average molecular weight is 268 g/mol. The summed E-state index contributed by atoms with van der Waals surface area (Å²) in [6.45, 7) is 0.0339. The quantitative estimate of drug-likeness (QED) is 0.740. The SMILES string of the molecule is OCc1ccccc1Sc1ncnc2ccccc12. The third-order valence-electron chi connectivity index (χ3n) is 2.86. The number of aliphatic hydroxyl groups excluding tert-OH is 1. The van der Waals surface area contributed by atoms with Crippen molar-refractivity contribution in [2.75, 3.05) is 0 Å². The topological polar surface area (TPSA) is 46.0 Å². The first kappa shape index (κ1) is 12.1. The number of para-hydroxylation sites is 1. The molecule has 0 spiro atoms. The zero-order valence-corrected chi connectivity index (χ0v) is 11.0. The minimum absolute atomic E-state index is 0.0339. The van der Waals surface area contributed by atoms with Gasteiger partial charge in [0.25, 0.3) is 0 Å². The molecule has 0 aliphatic heterocycles. The first-order valence-corrected chi connectivity index (χ1v) is 6.76. The molecular formula is C15H12N2OS. The molecule has 0 aliphatic carbocycles. The van der Waals surface area contributed by atoms with Crippen LogP contribution >= 0.6 is 11.8 Å². The third kappa shape index (κ3) is 2.45. The van der Waals surface area contributed by atoms with Gasteiger partial charge in [-0.3, -0.25) is 0 Å². The molecule has 3 aromatic rings. The van der Waals surface area contributed by atoms with Gasteiger partial charge in [-0.25, -0.2) is 9.97 Å². The molecule has 0 saturated carbocycles. The molecular weight excluding hydrogens is 256 g/mol. The third-order valence-corrected chi connectivity index (χ3v) is 3.99. The summed E-state index contributed by atoms with van der Waals surface area (Å²) in [4.78, 5) is 9.62. The summed E-state index contributed by atoms with van der Waals surface area (Å²) >= 11 is 1.56. The lowest BCUT2D eigenvalue weighted by atomic mass is 10.2. The van der Waals surface area contributed by atoms with Crippen LogP contribution in [0.2, 0.25) is 0 Å². The van der Waals surface area contributed by atoms with E-state index in [1.807, 2.05) is 48.5 Å². The minimum Gasteiger partial charge on any atom is -0.392 e. The standard InChI is InChI=1S/C15H12N2OS/c18-9-11-5-1-4-8-14(11)19-15-12-6-2-3-7-13(12)16-10-17-15/h1-8,10,18H,9H2. The number of aliphatic hydroxyl groups is 1. The van der Waals surface area contributed by atoms with Gasteiger partial charge in [0.05, 0.1) is 12.1 Å². The van der Waals surface area contributed by atoms with E-state index in [0.717, 1.165) is 26.4 Å². The Kier molecular flexibility index (Phi) is 3.44. The second kappa shape index (κ2) is 5.38. The van der Waals surface area contributed by atoms with Gasteiger partial charge in [0, 0.05) is 10.3 Å². The molecule has 1 N–H and O–H groups in total. The Morgan fingerprint density at radius 3 is 2.63 bits per heavy atom. The largest absolute Gasteiger partial charge is 0.392 e. The van der Waals surface area contributed by atoms with Gasteiger partial charge < -0.3 is 5.11 Å². The molecule has 0 amide bonds. The molecule has 0 fully saturated rings. The van der Waals surface area contributed by atoms with E-state index in [9.17, 15) is 5.11 Å². The number of fused-ring (bicyclic) bond motifs is 1. The van der Waals surface area contributed by atoms with E-state index >= 15 is 0 Å². The van der Waals surface area contributed by atoms with Crippen LogP contribution in [0, 0.1) is 0 Å². The molecule has 0 bridgehead atoms. The Morgan fingerprint density at radius 1 is 0.947 bits per heavy atom. The minimum atomic E-state index is 0.0339. The van der Waals surface area contributed by atoms with Crippen molar-refractivity contribution >= 4 is 22.7 Å². The predicted octanol–water partition coefficient (Wildman–Crippen LogP) is 3.27. The van der Waals surface area contributed by atoms with Crippen molar-refractivity contribution in [1.29, 1.82) is 0 Å². The fourth-order valence-electron chi connectivity index (χ4n) is 1.90. The lowest BCUT2D eigenvalue weighted by Crippen LogP contribution is -1.90. The van der Waals surface area contributed by atoms with Crippen LogP contribution in [-0.4, -0.2) is 15.1 Å². The number of hydrogen-bond acceptors (Lipinski definition) is 4. The van der Waals surface area contributed by atoms with Crippen LogP contribution < -0.4 is 0 Å². The Balaban J connectivity index is 2.06.